The van der Waals surface area contributed by atoms with Crippen LogP contribution in [0.3, 0.4) is 0 Å². The molecular formula is C18H19NO2. The van der Waals surface area contributed by atoms with Gasteiger partial charge >= 0.3 is 0 Å². The van der Waals surface area contributed by atoms with Crippen LogP contribution in [0.15, 0.2) is 54.6 Å². The molecule has 2 unspecified atom stereocenters. The van der Waals surface area contributed by atoms with Crippen molar-refractivity contribution < 1.29 is 9.53 Å². The van der Waals surface area contributed by atoms with Gasteiger partial charge in [0.1, 0.15) is 11.9 Å². The van der Waals surface area contributed by atoms with Crippen molar-refractivity contribution in [3.05, 3.63) is 65.7 Å². The van der Waals surface area contributed by atoms with Crippen molar-refractivity contribution in [1.82, 2.24) is 5.32 Å². The number of ether oxygens (including phenoxy) is 1. The largest absolute Gasteiger partial charge is 0.485 e. The summed E-state index contributed by atoms with van der Waals surface area (Å²) in [5.41, 5.74) is 2.29. The molecule has 1 aliphatic heterocycles. The van der Waals surface area contributed by atoms with Gasteiger partial charge in [-0.3, -0.25) is 4.79 Å². The van der Waals surface area contributed by atoms with Crippen LogP contribution in [0.25, 0.3) is 0 Å². The Hall–Kier alpha value is -2.29. The van der Waals surface area contributed by atoms with Crippen LogP contribution in [-0.2, 0) is 11.2 Å². The molecule has 0 aromatic heterocycles. The summed E-state index contributed by atoms with van der Waals surface area (Å²) < 4.78 is 6.20. The minimum Gasteiger partial charge on any atom is -0.485 e. The molecule has 1 aliphatic rings. The number of carbonyl (C=O) groups excluding carboxylic acids is 1. The van der Waals surface area contributed by atoms with Crippen molar-refractivity contribution in [3.63, 3.8) is 0 Å². The van der Waals surface area contributed by atoms with Gasteiger partial charge < -0.3 is 10.1 Å². The van der Waals surface area contributed by atoms with Gasteiger partial charge in [-0.25, -0.2) is 0 Å². The van der Waals surface area contributed by atoms with E-state index in [0.29, 0.717) is 0 Å². The highest BCUT2D eigenvalue weighted by molar-refractivity contribution is 5.73. The maximum atomic E-state index is 11.4. The Labute approximate surface area is 124 Å². The summed E-state index contributed by atoms with van der Waals surface area (Å²) >= 11 is 0. The number of amides is 1. The highest BCUT2D eigenvalue weighted by Crippen LogP contribution is 2.33. The first-order valence-corrected chi connectivity index (χ1v) is 7.29. The third-order valence-corrected chi connectivity index (χ3v) is 3.79. The van der Waals surface area contributed by atoms with Gasteiger partial charge in [0.15, 0.2) is 0 Å². The smallest absolute Gasteiger partial charge is 0.217 e. The molecule has 3 heteroatoms. The Kier molecular flexibility index (Phi) is 3.91. The number of nitrogens with one attached hydrogen (secondary N) is 1. The predicted octanol–water partition coefficient (Wildman–Crippen LogP) is 3.26. The number of fused-ring (bicyclic) bond motifs is 1. The normalized spacial score (nSPS) is 20.8. The molecule has 2 atom stereocenters. The first-order valence-electron chi connectivity index (χ1n) is 7.29. The molecule has 3 rings (SSSR count). The zero-order valence-corrected chi connectivity index (χ0v) is 12.1. The van der Waals surface area contributed by atoms with Crippen molar-refractivity contribution in [2.45, 2.75) is 31.9 Å². The summed E-state index contributed by atoms with van der Waals surface area (Å²) in [5.74, 6) is 0.922. The number of hydrogen-bond acceptors (Lipinski definition) is 2. The fourth-order valence-electron chi connectivity index (χ4n) is 2.87. The van der Waals surface area contributed by atoms with E-state index in [1.165, 1.54) is 0 Å². The minimum atomic E-state index is -0.0355. The van der Waals surface area contributed by atoms with Crippen molar-refractivity contribution >= 4 is 5.91 Å². The van der Waals surface area contributed by atoms with E-state index in [9.17, 15) is 4.79 Å². The molecule has 0 aliphatic carbocycles. The van der Waals surface area contributed by atoms with E-state index >= 15 is 0 Å². The second-order valence-electron chi connectivity index (χ2n) is 5.46. The Morgan fingerprint density at radius 1 is 1.10 bits per heavy atom. The lowest BCUT2D eigenvalue weighted by Crippen LogP contribution is -2.35. The average Bonchev–Trinajstić information content (AvgIpc) is 2.66. The van der Waals surface area contributed by atoms with Crippen LogP contribution in [0.2, 0.25) is 0 Å². The Balaban J connectivity index is 1.93. The Morgan fingerprint density at radius 3 is 2.57 bits per heavy atom. The minimum absolute atomic E-state index is 0.00573. The van der Waals surface area contributed by atoms with Gasteiger partial charge in [0, 0.05) is 19.4 Å². The van der Waals surface area contributed by atoms with E-state index in [1.807, 2.05) is 36.4 Å². The predicted molar refractivity (Wildman–Crippen MR) is 82.2 cm³/mol. The fraction of sp³-hybridized carbons (Fsp3) is 0.278. The van der Waals surface area contributed by atoms with Crippen molar-refractivity contribution in [3.8, 4) is 5.75 Å². The molecule has 21 heavy (non-hydrogen) atoms. The lowest BCUT2D eigenvalue weighted by Gasteiger charge is -2.21. The zero-order valence-electron chi connectivity index (χ0n) is 12.1. The SMILES string of the molecule is CC(=O)NC1Cc2ccccc2OC(c2ccccc2)C1. The van der Waals surface area contributed by atoms with Gasteiger partial charge in [0.2, 0.25) is 5.91 Å². The lowest BCUT2D eigenvalue weighted by molar-refractivity contribution is -0.119. The summed E-state index contributed by atoms with van der Waals surface area (Å²) in [6.07, 6.45) is 1.55. The van der Waals surface area contributed by atoms with Gasteiger partial charge in [0.05, 0.1) is 0 Å². The van der Waals surface area contributed by atoms with Crippen LogP contribution in [0.5, 0.6) is 5.75 Å². The molecular weight excluding hydrogens is 262 g/mol. The van der Waals surface area contributed by atoms with Crippen molar-refractivity contribution in [2.24, 2.45) is 0 Å². The second kappa shape index (κ2) is 6.00. The van der Waals surface area contributed by atoms with E-state index in [4.69, 9.17) is 4.74 Å². The molecule has 0 spiro atoms. The highest BCUT2D eigenvalue weighted by Gasteiger charge is 2.26. The molecule has 0 saturated carbocycles. The van der Waals surface area contributed by atoms with Gasteiger partial charge in [-0.15, -0.1) is 0 Å². The summed E-state index contributed by atoms with van der Waals surface area (Å²) in [6, 6.07) is 18.3. The average molecular weight is 281 g/mol. The van der Waals surface area contributed by atoms with Crippen LogP contribution in [0, 0.1) is 0 Å². The first kappa shape index (κ1) is 13.7. The van der Waals surface area contributed by atoms with Crippen LogP contribution in [-0.4, -0.2) is 11.9 Å². The summed E-state index contributed by atoms with van der Waals surface area (Å²) in [4.78, 5) is 11.4. The van der Waals surface area contributed by atoms with Crippen molar-refractivity contribution in [1.29, 1.82) is 0 Å². The third kappa shape index (κ3) is 3.24. The van der Waals surface area contributed by atoms with Gasteiger partial charge in [-0.2, -0.15) is 0 Å². The van der Waals surface area contributed by atoms with E-state index in [1.54, 1.807) is 6.92 Å². The lowest BCUT2D eigenvalue weighted by atomic mass is 9.98. The molecule has 2 aromatic rings. The summed E-state index contributed by atoms with van der Waals surface area (Å²) in [7, 11) is 0. The number of para-hydroxylation sites is 1. The summed E-state index contributed by atoms with van der Waals surface area (Å²) in [5, 5.41) is 3.04. The molecule has 2 aromatic carbocycles. The quantitative estimate of drug-likeness (QED) is 0.917. The second-order valence-corrected chi connectivity index (χ2v) is 5.46. The summed E-state index contributed by atoms with van der Waals surface area (Å²) in [6.45, 7) is 1.56. The molecule has 0 saturated heterocycles. The van der Waals surface area contributed by atoms with Crippen molar-refractivity contribution in [2.75, 3.05) is 0 Å². The molecule has 3 nitrogen and oxygen atoms in total. The van der Waals surface area contributed by atoms with Crippen LogP contribution >= 0.6 is 0 Å². The molecule has 1 heterocycles. The van der Waals surface area contributed by atoms with Gasteiger partial charge in [0.25, 0.3) is 0 Å². The number of carbonyl (C=O) groups is 1. The van der Waals surface area contributed by atoms with Crippen LogP contribution in [0.4, 0.5) is 0 Å². The third-order valence-electron chi connectivity index (χ3n) is 3.79. The fourth-order valence-corrected chi connectivity index (χ4v) is 2.87. The first-order chi connectivity index (χ1) is 10.2. The van der Waals surface area contributed by atoms with Gasteiger partial charge in [-0.05, 0) is 23.6 Å². The number of hydrogen-bond donors (Lipinski definition) is 1. The van der Waals surface area contributed by atoms with E-state index in [0.717, 1.165) is 29.7 Å². The maximum Gasteiger partial charge on any atom is 0.217 e. The number of benzene rings is 2. The molecule has 0 radical (unpaired) electrons. The standard InChI is InChI=1S/C18H19NO2/c1-13(20)19-16-11-15-9-5-6-10-17(15)21-18(12-16)14-7-3-2-4-8-14/h2-10,16,18H,11-12H2,1H3,(H,19,20). The maximum absolute atomic E-state index is 11.4. The van der Waals surface area contributed by atoms with E-state index in [-0.39, 0.29) is 18.1 Å². The molecule has 0 fully saturated rings. The highest BCUT2D eigenvalue weighted by atomic mass is 16.5. The molecule has 1 amide bonds. The zero-order chi connectivity index (χ0) is 14.7. The molecule has 1 N–H and O–H groups in total. The van der Waals surface area contributed by atoms with Crippen LogP contribution < -0.4 is 10.1 Å². The number of rotatable bonds is 2. The topological polar surface area (TPSA) is 38.3 Å². The Morgan fingerprint density at radius 2 is 1.81 bits per heavy atom. The monoisotopic (exact) mass is 281 g/mol. The van der Waals surface area contributed by atoms with E-state index < -0.39 is 0 Å². The van der Waals surface area contributed by atoms with E-state index in [2.05, 4.69) is 23.5 Å². The molecule has 108 valence electrons. The Bertz CT molecular complexity index is 624. The molecule has 0 bridgehead atoms. The van der Waals surface area contributed by atoms with Gasteiger partial charge in [-0.1, -0.05) is 48.5 Å². The van der Waals surface area contributed by atoms with Crippen LogP contribution in [0.1, 0.15) is 30.6 Å².